The van der Waals surface area contributed by atoms with E-state index in [1.165, 1.54) is 32.6 Å². The molecule has 2 aliphatic carbocycles. The van der Waals surface area contributed by atoms with Crippen molar-refractivity contribution in [1.82, 2.24) is 0 Å². The van der Waals surface area contributed by atoms with E-state index in [9.17, 15) is 9.90 Å². The highest BCUT2D eigenvalue weighted by atomic mass is 16.7. The van der Waals surface area contributed by atoms with Gasteiger partial charge in [-0.1, -0.05) is 19.3 Å². The van der Waals surface area contributed by atoms with Gasteiger partial charge in [0.25, 0.3) is 0 Å². The van der Waals surface area contributed by atoms with Crippen LogP contribution < -0.4 is 0 Å². The molecule has 0 aromatic heterocycles. The third-order valence-electron chi connectivity index (χ3n) is 3.89. The molecule has 0 heterocycles. The van der Waals surface area contributed by atoms with Crippen molar-refractivity contribution in [1.29, 1.82) is 0 Å². The molecule has 0 spiro atoms. The Morgan fingerprint density at radius 3 is 2.60 bits per heavy atom. The van der Waals surface area contributed by atoms with E-state index < -0.39 is 5.79 Å². The first kappa shape index (κ1) is 10.9. The standard InChI is InChI=1S/C12H20O3/c1-9(13)15-12(14)7-6-10-4-2-3-5-11(10)8-12/h10-11,14H,2-8H2,1H3/t10-,11-,12-/m1/s1. The maximum absolute atomic E-state index is 10.9. The minimum atomic E-state index is -1.16. The smallest absolute Gasteiger partial charge is 0.305 e. The quantitative estimate of drug-likeness (QED) is 0.535. The lowest BCUT2D eigenvalue weighted by molar-refractivity contribution is -0.230. The Bertz CT molecular complexity index is 251. The van der Waals surface area contributed by atoms with Crippen LogP contribution in [0.5, 0.6) is 0 Å². The molecule has 2 rings (SSSR count). The van der Waals surface area contributed by atoms with Crippen molar-refractivity contribution in [3.63, 3.8) is 0 Å². The Balaban J connectivity index is 1.97. The molecule has 15 heavy (non-hydrogen) atoms. The van der Waals surface area contributed by atoms with E-state index in [1.54, 1.807) is 0 Å². The van der Waals surface area contributed by atoms with Gasteiger partial charge in [0.2, 0.25) is 5.79 Å². The second-order valence-electron chi connectivity index (χ2n) is 5.09. The molecule has 3 atom stereocenters. The number of carbonyl (C=O) groups excluding carboxylic acids is 1. The number of aliphatic hydroxyl groups is 1. The maximum atomic E-state index is 10.9. The van der Waals surface area contributed by atoms with Crippen molar-refractivity contribution >= 4 is 5.97 Å². The fourth-order valence-electron chi connectivity index (χ4n) is 3.22. The van der Waals surface area contributed by atoms with Crippen molar-refractivity contribution in [3.8, 4) is 0 Å². The molecule has 0 bridgehead atoms. The van der Waals surface area contributed by atoms with Gasteiger partial charge >= 0.3 is 5.97 Å². The average molecular weight is 212 g/mol. The zero-order chi connectivity index (χ0) is 10.9. The van der Waals surface area contributed by atoms with Crippen molar-refractivity contribution < 1.29 is 14.6 Å². The van der Waals surface area contributed by atoms with Gasteiger partial charge in [-0.3, -0.25) is 4.79 Å². The van der Waals surface area contributed by atoms with Crippen LogP contribution in [-0.2, 0) is 9.53 Å². The van der Waals surface area contributed by atoms with Crippen LogP contribution in [0, 0.1) is 11.8 Å². The fraction of sp³-hybridized carbons (Fsp3) is 0.917. The first-order valence-corrected chi connectivity index (χ1v) is 6.01. The summed E-state index contributed by atoms with van der Waals surface area (Å²) in [5.41, 5.74) is 0. The molecule has 0 aliphatic heterocycles. The molecule has 2 fully saturated rings. The average Bonchev–Trinajstić information content (AvgIpc) is 2.15. The SMILES string of the molecule is CC(=O)O[C@]1(O)CC[C@H]2CCCC[C@@H]2C1. The highest BCUT2D eigenvalue weighted by molar-refractivity contribution is 5.66. The number of ether oxygens (including phenoxy) is 1. The zero-order valence-corrected chi connectivity index (χ0v) is 9.37. The predicted octanol–water partition coefficient (Wildman–Crippen LogP) is 2.23. The van der Waals surface area contributed by atoms with Crippen LogP contribution in [0.3, 0.4) is 0 Å². The third kappa shape index (κ3) is 2.51. The molecule has 3 nitrogen and oxygen atoms in total. The number of carbonyl (C=O) groups is 1. The molecule has 2 aliphatic rings. The largest absolute Gasteiger partial charge is 0.433 e. The van der Waals surface area contributed by atoms with Gasteiger partial charge in [0, 0.05) is 19.8 Å². The third-order valence-corrected chi connectivity index (χ3v) is 3.89. The summed E-state index contributed by atoms with van der Waals surface area (Å²) in [5.74, 6) is -0.206. The summed E-state index contributed by atoms with van der Waals surface area (Å²) in [5, 5.41) is 10.1. The molecule has 0 aromatic carbocycles. The molecule has 0 radical (unpaired) electrons. The van der Waals surface area contributed by atoms with E-state index in [2.05, 4.69) is 0 Å². The van der Waals surface area contributed by atoms with Gasteiger partial charge in [0.05, 0.1) is 0 Å². The summed E-state index contributed by atoms with van der Waals surface area (Å²) >= 11 is 0. The summed E-state index contributed by atoms with van der Waals surface area (Å²) in [6, 6.07) is 0. The number of rotatable bonds is 1. The lowest BCUT2D eigenvalue weighted by Gasteiger charge is -2.42. The van der Waals surface area contributed by atoms with Crippen molar-refractivity contribution in [2.45, 2.75) is 57.7 Å². The summed E-state index contributed by atoms with van der Waals surface area (Å²) in [6.07, 6.45) is 7.35. The molecule has 0 saturated heterocycles. The molecule has 0 aromatic rings. The van der Waals surface area contributed by atoms with Gasteiger partial charge in [-0.15, -0.1) is 0 Å². The van der Waals surface area contributed by atoms with Crippen molar-refractivity contribution in [2.75, 3.05) is 0 Å². The van der Waals surface area contributed by atoms with Gasteiger partial charge in [-0.05, 0) is 24.7 Å². The lowest BCUT2D eigenvalue weighted by atomic mass is 9.69. The molecule has 3 heteroatoms. The number of fused-ring (bicyclic) bond motifs is 1. The highest BCUT2D eigenvalue weighted by Crippen LogP contribution is 2.44. The highest BCUT2D eigenvalue weighted by Gasteiger charge is 2.42. The minimum absolute atomic E-state index is 0.369. The fourth-order valence-corrected chi connectivity index (χ4v) is 3.22. The van der Waals surface area contributed by atoms with E-state index in [-0.39, 0.29) is 5.97 Å². The van der Waals surface area contributed by atoms with E-state index in [0.717, 1.165) is 12.3 Å². The van der Waals surface area contributed by atoms with Crippen LogP contribution in [0.25, 0.3) is 0 Å². The normalized spacial score (nSPS) is 40.7. The van der Waals surface area contributed by atoms with E-state index in [1.807, 2.05) is 0 Å². The topological polar surface area (TPSA) is 46.5 Å². The predicted molar refractivity (Wildman–Crippen MR) is 56.0 cm³/mol. The van der Waals surface area contributed by atoms with Crippen molar-refractivity contribution in [2.24, 2.45) is 11.8 Å². The van der Waals surface area contributed by atoms with Gasteiger partial charge < -0.3 is 9.84 Å². The van der Waals surface area contributed by atoms with Crippen LogP contribution in [-0.4, -0.2) is 16.9 Å². The van der Waals surface area contributed by atoms with Gasteiger partial charge in [-0.25, -0.2) is 0 Å². The van der Waals surface area contributed by atoms with Crippen LogP contribution >= 0.6 is 0 Å². The van der Waals surface area contributed by atoms with E-state index in [4.69, 9.17) is 4.74 Å². The van der Waals surface area contributed by atoms with Crippen LogP contribution in [0.1, 0.15) is 51.9 Å². The number of hydrogen-bond donors (Lipinski definition) is 1. The Morgan fingerprint density at radius 2 is 1.93 bits per heavy atom. The first-order valence-electron chi connectivity index (χ1n) is 6.01. The van der Waals surface area contributed by atoms with Gasteiger partial charge in [0.1, 0.15) is 0 Å². The Hall–Kier alpha value is -0.570. The minimum Gasteiger partial charge on any atom is -0.433 e. The molecule has 0 amide bonds. The Kier molecular flexibility index (Phi) is 3.01. The monoisotopic (exact) mass is 212 g/mol. The first-order chi connectivity index (χ1) is 7.09. The summed E-state index contributed by atoms with van der Waals surface area (Å²) in [7, 11) is 0. The second-order valence-corrected chi connectivity index (χ2v) is 5.09. The van der Waals surface area contributed by atoms with Crippen molar-refractivity contribution in [3.05, 3.63) is 0 Å². The molecule has 0 unspecified atom stereocenters. The van der Waals surface area contributed by atoms with Crippen LogP contribution in [0.4, 0.5) is 0 Å². The molecular weight excluding hydrogens is 192 g/mol. The van der Waals surface area contributed by atoms with Gasteiger partial charge in [-0.2, -0.15) is 0 Å². The zero-order valence-electron chi connectivity index (χ0n) is 9.37. The molecule has 1 N–H and O–H groups in total. The van der Waals surface area contributed by atoms with Crippen LogP contribution in [0.2, 0.25) is 0 Å². The van der Waals surface area contributed by atoms with E-state index in [0.29, 0.717) is 18.8 Å². The molecule has 86 valence electrons. The Labute approximate surface area is 90.8 Å². The van der Waals surface area contributed by atoms with Gasteiger partial charge in [0.15, 0.2) is 0 Å². The number of hydrogen-bond acceptors (Lipinski definition) is 3. The Morgan fingerprint density at radius 1 is 1.27 bits per heavy atom. The molecular formula is C12H20O3. The summed E-state index contributed by atoms with van der Waals surface area (Å²) < 4.78 is 5.04. The summed E-state index contributed by atoms with van der Waals surface area (Å²) in [6.45, 7) is 1.37. The molecule has 2 saturated carbocycles. The van der Waals surface area contributed by atoms with Crippen LogP contribution in [0.15, 0.2) is 0 Å². The maximum Gasteiger partial charge on any atom is 0.305 e. The lowest BCUT2D eigenvalue weighted by Crippen LogP contribution is -2.43. The van der Waals surface area contributed by atoms with E-state index >= 15 is 0 Å². The number of esters is 1. The summed E-state index contributed by atoms with van der Waals surface area (Å²) in [4.78, 5) is 10.9. The second kappa shape index (κ2) is 4.12.